The van der Waals surface area contributed by atoms with Gasteiger partial charge >= 0.3 is 0 Å². The van der Waals surface area contributed by atoms with Crippen LogP contribution in [0, 0.1) is 11.8 Å². The smallest absolute Gasteiger partial charge is 0.254 e. The molecule has 2 aliphatic rings. The number of ether oxygens (including phenoxy) is 2. The predicted molar refractivity (Wildman–Crippen MR) is 84.4 cm³/mol. The molecule has 0 spiro atoms. The van der Waals surface area contributed by atoms with E-state index in [9.17, 15) is 4.79 Å². The van der Waals surface area contributed by atoms with Crippen LogP contribution < -0.4 is 14.8 Å². The van der Waals surface area contributed by atoms with Gasteiger partial charge in [0.2, 0.25) is 0 Å². The summed E-state index contributed by atoms with van der Waals surface area (Å²) >= 11 is 0. The Morgan fingerprint density at radius 2 is 2.09 bits per heavy atom. The second kappa shape index (κ2) is 6.40. The lowest BCUT2D eigenvalue weighted by Crippen LogP contribution is -2.31. The van der Waals surface area contributed by atoms with Crippen LogP contribution in [0.15, 0.2) is 30.9 Å². The molecule has 2 fully saturated rings. The Bertz CT molecular complexity index is 561. The lowest BCUT2D eigenvalue weighted by atomic mass is 10.0. The lowest BCUT2D eigenvalue weighted by Gasteiger charge is -2.18. The molecule has 1 aromatic rings. The van der Waals surface area contributed by atoms with Gasteiger partial charge in [0, 0.05) is 31.7 Å². The molecule has 2 atom stereocenters. The van der Waals surface area contributed by atoms with Crippen LogP contribution in [0.2, 0.25) is 0 Å². The quantitative estimate of drug-likeness (QED) is 0.839. The van der Waals surface area contributed by atoms with Crippen molar-refractivity contribution >= 4 is 5.91 Å². The van der Waals surface area contributed by atoms with Crippen molar-refractivity contribution in [3.05, 3.63) is 36.4 Å². The van der Waals surface area contributed by atoms with Gasteiger partial charge in [-0.05, 0) is 30.0 Å². The highest BCUT2D eigenvalue weighted by atomic mass is 16.5. The van der Waals surface area contributed by atoms with Crippen LogP contribution in [0.4, 0.5) is 0 Å². The maximum absolute atomic E-state index is 12.7. The number of likely N-dealkylation sites (tertiary alicyclic amines) is 1. The first-order chi connectivity index (χ1) is 10.7. The third-order valence-corrected chi connectivity index (χ3v) is 4.44. The van der Waals surface area contributed by atoms with E-state index in [0.717, 1.165) is 26.2 Å². The van der Waals surface area contributed by atoms with Gasteiger partial charge in [-0.15, -0.1) is 0 Å². The molecule has 0 unspecified atom stereocenters. The molecule has 5 heteroatoms. The number of hydrogen-bond acceptors (Lipinski definition) is 4. The Kier molecular flexibility index (Phi) is 4.34. The van der Waals surface area contributed by atoms with E-state index in [2.05, 4.69) is 11.9 Å². The number of rotatable bonds is 5. The molecule has 2 saturated heterocycles. The Hall–Kier alpha value is -2.01. The predicted octanol–water partition coefficient (Wildman–Crippen LogP) is 1.55. The molecule has 1 amide bonds. The van der Waals surface area contributed by atoms with Crippen molar-refractivity contribution in [2.45, 2.75) is 0 Å². The molecule has 0 aromatic heterocycles. The average molecular weight is 302 g/mol. The van der Waals surface area contributed by atoms with E-state index < -0.39 is 0 Å². The highest BCUT2D eigenvalue weighted by Gasteiger charge is 2.38. The van der Waals surface area contributed by atoms with E-state index in [0.29, 0.717) is 35.5 Å². The summed E-state index contributed by atoms with van der Waals surface area (Å²) < 4.78 is 10.9. The Morgan fingerprint density at radius 3 is 2.73 bits per heavy atom. The second-order valence-electron chi connectivity index (χ2n) is 5.85. The number of nitrogens with one attached hydrogen (secondary N) is 1. The van der Waals surface area contributed by atoms with E-state index in [1.807, 2.05) is 4.90 Å². The summed E-state index contributed by atoms with van der Waals surface area (Å²) in [5, 5.41) is 3.39. The molecule has 2 aliphatic heterocycles. The first-order valence-electron chi connectivity index (χ1n) is 7.64. The van der Waals surface area contributed by atoms with Crippen LogP contribution in [0.25, 0.3) is 0 Å². The number of benzene rings is 1. The van der Waals surface area contributed by atoms with Crippen molar-refractivity contribution in [3.63, 3.8) is 0 Å². The van der Waals surface area contributed by atoms with Crippen LogP contribution >= 0.6 is 0 Å². The monoisotopic (exact) mass is 302 g/mol. The second-order valence-corrected chi connectivity index (χ2v) is 5.85. The summed E-state index contributed by atoms with van der Waals surface area (Å²) in [5.41, 5.74) is 0.649. The Morgan fingerprint density at radius 1 is 1.36 bits per heavy atom. The third-order valence-electron chi connectivity index (χ3n) is 4.44. The van der Waals surface area contributed by atoms with E-state index in [1.54, 1.807) is 31.4 Å². The van der Waals surface area contributed by atoms with Gasteiger partial charge in [-0.2, -0.15) is 0 Å². The molecule has 1 aromatic carbocycles. The van der Waals surface area contributed by atoms with Crippen molar-refractivity contribution in [1.82, 2.24) is 10.2 Å². The summed E-state index contributed by atoms with van der Waals surface area (Å²) in [6.07, 6.45) is 1.68. The van der Waals surface area contributed by atoms with Gasteiger partial charge < -0.3 is 19.7 Å². The fraction of sp³-hybridized carbons (Fsp3) is 0.471. The van der Waals surface area contributed by atoms with Crippen LogP contribution in [0.3, 0.4) is 0 Å². The number of carbonyl (C=O) groups excluding carboxylic acids is 1. The van der Waals surface area contributed by atoms with Crippen molar-refractivity contribution in [2.75, 3.05) is 39.9 Å². The molecular formula is C17H22N2O3. The number of carbonyl (C=O) groups is 1. The molecule has 0 radical (unpaired) electrons. The number of methoxy groups -OCH3 is 1. The first kappa shape index (κ1) is 14.9. The highest BCUT2D eigenvalue weighted by Crippen LogP contribution is 2.31. The maximum atomic E-state index is 12.7. The summed E-state index contributed by atoms with van der Waals surface area (Å²) in [5.74, 6) is 2.47. The number of hydrogen-bond donors (Lipinski definition) is 1. The van der Waals surface area contributed by atoms with Gasteiger partial charge in [0.05, 0.1) is 7.11 Å². The zero-order valence-electron chi connectivity index (χ0n) is 12.9. The highest BCUT2D eigenvalue weighted by molar-refractivity contribution is 5.95. The van der Waals surface area contributed by atoms with Gasteiger partial charge in [0.1, 0.15) is 6.61 Å². The van der Waals surface area contributed by atoms with E-state index in [-0.39, 0.29) is 5.91 Å². The molecule has 22 heavy (non-hydrogen) atoms. The minimum absolute atomic E-state index is 0.0722. The number of nitrogens with zero attached hydrogens (tertiary/aromatic N) is 1. The Balaban J connectivity index is 1.74. The number of amides is 1. The molecule has 2 heterocycles. The van der Waals surface area contributed by atoms with Gasteiger partial charge in [0.15, 0.2) is 11.5 Å². The average Bonchev–Trinajstić information content (AvgIpc) is 3.13. The van der Waals surface area contributed by atoms with Gasteiger partial charge in [-0.3, -0.25) is 4.79 Å². The summed E-state index contributed by atoms with van der Waals surface area (Å²) in [4.78, 5) is 14.6. The number of fused-ring (bicyclic) bond motifs is 1. The SMILES string of the molecule is C=CCOc1ccc(C(=O)N2C[C@H]3CNC[C@H]3C2)cc1OC. The molecule has 5 nitrogen and oxygen atoms in total. The van der Waals surface area contributed by atoms with E-state index in [1.165, 1.54) is 0 Å². The summed E-state index contributed by atoms with van der Waals surface area (Å²) in [6.45, 7) is 7.76. The molecule has 0 saturated carbocycles. The fourth-order valence-electron chi connectivity index (χ4n) is 3.27. The van der Waals surface area contributed by atoms with E-state index in [4.69, 9.17) is 9.47 Å². The Labute approximate surface area is 130 Å². The zero-order chi connectivity index (χ0) is 15.5. The van der Waals surface area contributed by atoms with Crippen LogP contribution in [0.1, 0.15) is 10.4 Å². The van der Waals surface area contributed by atoms with Crippen LogP contribution in [-0.2, 0) is 0 Å². The lowest BCUT2D eigenvalue weighted by molar-refractivity contribution is 0.0781. The van der Waals surface area contributed by atoms with Gasteiger partial charge in [0.25, 0.3) is 5.91 Å². The standard InChI is InChI=1S/C17H22N2O3/c1-3-6-22-15-5-4-12(7-16(15)21-2)17(20)19-10-13-8-18-9-14(13)11-19/h3-5,7,13-14,18H,1,6,8-11H2,2H3/t13-,14+. The van der Waals surface area contributed by atoms with Crippen molar-refractivity contribution in [1.29, 1.82) is 0 Å². The minimum Gasteiger partial charge on any atom is -0.493 e. The molecule has 1 N–H and O–H groups in total. The normalized spacial score (nSPS) is 23.2. The van der Waals surface area contributed by atoms with Crippen molar-refractivity contribution in [2.24, 2.45) is 11.8 Å². The molecule has 0 aliphatic carbocycles. The zero-order valence-corrected chi connectivity index (χ0v) is 12.9. The third kappa shape index (κ3) is 2.81. The first-order valence-corrected chi connectivity index (χ1v) is 7.64. The van der Waals surface area contributed by atoms with Crippen molar-refractivity contribution < 1.29 is 14.3 Å². The van der Waals surface area contributed by atoms with Crippen LogP contribution in [0.5, 0.6) is 11.5 Å². The van der Waals surface area contributed by atoms with Gasteiger partial charge in [-0.25, -0.2) is 0 Å². The fourth-order valence-corrected chi connectivity index (χ4v) is 3.27. The molecule has 3 rings (SSSR count). The van der Waals surface area contributed by atoms with Crippen molar-refractivity contribution in [3.8, 4) is 11.5 Å². The summed E-state index contributed by atoms with van der Waals surface area (Å²) in [6, 6.07) is 5.34. The van der Waals surface area contributed by atoms with Gasteiger partial charge in [-0.1, -0.05) is 12.7 Å². The minimum atomic E-state index is 0.0722. The molecule has 0 bridgehead atoms. The topological polar surface area (TPSA) is 50.8 Å². The largest absolute Gasteiger partial charge is 0.493 e. The maximum Gasteiger partial charge on any atom is 0.254 e. The van der Waals surface area contributed by atoms with E-state index >= 15 is 0 Å². The molecular weight excluding hydrogens is 280 g/mol. The summed E-state index contributed by atoms with van der Waals surface area (Å²) in [7, 11) is 1.58. The van der Waals surface area contributed by atoms with Crippen LogP contribution in [-0.4, -0.2) is 50.7 Å². The molecule has 118 valence electrons.